The van der Waals surface area contributed by atoms with Crippen molar-refractivity contribution in [3.05, 3.63) is 184 Å². The highest BCUT2D eigenvalue weighted by Gasteiger charge is 2.25. The molecule has 4 nitrogen and oxygen atoms in total. The highest BCUT2D eigenvalue weighted by Crippen LogP contribution is 2.41. The summed E-state index contributed by atoms with van der Waals surface area (Å²) in [5, 5.41) is 4.89. The minimum atomic E-state index is -0.0677. The molecule has 0 fully saturated rings. The molecule has 3 aromatic heterocycles. The molecule has 4 heteroatoms. The molecule has 0 amide bonds. The summed E-state index contributed by atoms with van der Waals surface area (Å²) < 4.78 is 0. The van der Waals surface area contributed by atoms with Gasteiger partial charge in [-0.15, -0.1) is 0 Å². The summed E-state index contributed by atoms with van der Waals surface area (Å²) in [6.45, 7) is 27.6. The minimum absolute atomic E-state index is 0.0467. The van der Waals surface area contributed by atoms with Crippen molar-refractivity contribution in [1.29, 1.82) is 0 Å². The molecular weight excluding hydrogens is 825 g/mol. The van der Waals surface area contributed by atoms with Crippen LogP contribution in [0.2, 0.25) is 0 Å². The van der Waals surface area contributed by atoms with Crippen LogP contribution in [-0.2, 0) is 21.7 Å². The van der Waals surface area contributed by atoms with E-state index in [1.54, 1.807) is 0 Å². The van der Waals surface area contributed by atoms with Crippen molar-refractivity contribution in [1.82, 2.24) is 19.9 Å². The number of nitrogens with zero attached hydrogens (tertiary/aromatic N) is 2. The number of hydrogen-bond donors (Lipinski definition) is 2. The quantitative estimate of drug-likeness (QED) is 0.173. The molecule has 10 rings (SSSR count). The van der Waals surface area contributed by atoms with Crippen LogP contribution in [0, 0.1) is 0 Å². The van der Waals surface area contributed by atoms with Crippen LogP contribution in [0.25, 0.3) is 95.7 Å². The highest BCUT2D eigenvalue weighted by molar-refractivity contribution is 6.08. The maximum atomic E-state index is 5.64. The molecule has 8 bridgehead atoms. The molecule has 0 radical (unpaired) electrons. The second kappa shape index (κ2) is 16.3. The van der Waals surface area contributed by atoms with E-state index in [-0.39, 0.29) is 21.7 Å². The summed E-state index contributed by atoms with van der Waals surface area (Å²) in [6.07, 6.45) is 11.2. The van der Waals surface area contributed by atoms with Crippen LogP contribution in [0.1, 0.15) is 134 Å². The molecule has 340 valence electrons. The van der Waals surface area contributed by atoms with E-state index in [1.165, 1.54) is 49.4 Å². The molecule has 0 aliphatic carbocycles. The Morgan fingerprint density at radius 2 is 0.897 bits per heavy atom. The fourth-order valence-electron chi connectivity index (χ4n) is 9.57. The van der Waals surface area contributed by atoms with Crippen molar-refractivity contribution >= 4 is 73.5 Å². The van der Waals surface area contributed by atoms with Gasteiger partial charge in [-0.3, -0.25) is 0 Å². The lowest BCUT2D eigenvalue weighted by Gasteiger charge is -2.26. The van der Waals surface area contributed by atoms with Gasteiger partial charge >= 0.3 is 0 Å². The first-order chi connectivity index (χ1) is 32.2. The summed E-state index contributed by atoms with van der Waals surface area (Å²) in [4.78, 5) is 18.7. The van der Waals surface area contributed by atoms with E-state index in [2.05, 4.69) is 251 Å². The largest absolute Gasteiger partial charge is 0.355 e. The molecule has 0 saturated heterocycles. The van der Waals surface area contributed by atoms with Crippen molar-refractivity contribution in [2.45, 2.75) is 105 Å². The van der Waals surface area contributed by atoms with Gasteiger partial charge in [0.15, 0.2) is 0 Å². The van der Waals surface area contributed by atoms with Gasteiger partial charge in [-0.25, -0.2) is 9.97 Å². The van der Waals surface area contributed by atoms with E-state index in [0.717, 1.165) is 72.7 Å². The van der Waals surface area contributed by atoms with Gasteiger partial charge < -0.3 is 9.97 Å². The minimum Gasteiger partial charge on any atom is -0.355 e. The zero-order valence-electron chi connectivity index (χ0n) is 41.9. The number of H-pyrrole nitrogens is 2. The lowest BCUT2D eigenvalue weighted by atomic mass is 9.78. The fourth-order valence-corrected chi connectivity index (χ4v) is 9.57. The Morgan fingerprint density at radius 3 is 1.40 bits per heavy atom. The molecule has 2 N–H and O–H groups in total. The van der Waals surface area contributed by atoms with E-state index >= 15 is 0 Å². The molecule has 0 atom stereocenters. The number of allylic oxidation sites excluding steroid dienone is 2. The Morgan fingerprint density at radius 1 is 0.426 bits per heavy atom. The Kier molecular flexibility index (Phi) is 10.8. The van der Waals surface area contributed by atoms with Gasteiger partial charge in [-0.05, 0) is 143 Å². The fraction of sp³-hybridized carbons (Fsp3) is 0.250. The number of hydrogen-bond acceptors (Lipinski definition) is 2. The van der Waals surface area contributed by atoms with Gasteiger partial charge in [-0.2, -0.15) is 0 Å². The average molecular weight is 889 g/mol. The predicted molar refractivity (Wildman–Crippen MR) is 294 cm³/mol. The van der Waals surface area contributed by atoms with Gasteiger partial charge in [0, 0.05) is 38.8 Å². The van der Waals surface area contributed by atoms with E-state index in [0.29, 0.717) is 0 Å². The monoisotopic (exact) mass is 889 g/mol. The van der Waals surface area contributed by atoms with Crippen molar-refractivity contribution in [3.8, 4) is 22.3 Å². The Balaban J connectivity index is 1.29. The summed E-state index contributed by atoms with van der Waals surface area (Å²) in [5.41, 5.74) is 19.2. The topological polar surface area (TPSA) is 57.4 Å². The van der Waals surface area contributed by atoms with Gasteiger partial charge in [0.2, 0.25) is 0 Å². The van der Waals surface area contributed by atoms with Crippen LogP contribution >= 0.6 is 0 Å². The van der Waals surface area contributed by atoms with E-state index in [9.17, 15) is 0 Å². The number of aromatic amines is 2. The zero-order chi connectivity index (χ0) is 47.9. The first-order valence-electron chi connectivity index (χ1n) is 24.2. The van der Waals surface area contributed by atoms with Crippen LogP contribution in [0.3, 0.4) is 0 Å². The number of benzene rings is 5. The van der Waals surface area contributed by atoms with Crippen LogP contribution in [0.4, 0.5) is 0 Å². The third kappa shape index (κ3) is 8.69. The molecule has 68 heavy (non-hydrogen) atoms. The lowest BCUT2D eigenvalue weighted by Crippen LogP contribution is -2.16. The summed E-state index contributed by atoms with van der Waals surface area (Å²) in [7, 11) is 0. The van der Waals surface area contributed by atoms with Gasteiger partial charge in [0.25, 0.3) is 0 Å². The average Bonchev–Trinajstić information content (AvgIpc) is 4.11. The van der Waals surface area contributed by atoms with Gasteiger partial charge in [0.05, 0.1) is 22.8 Å². The first-order valence-corrected chi connectivity index (χ1v) is 24.2. The predicted octanol–water partition coefficient (Wildman–Crippen LogP) is 17.6. The van der Waals surface area contributed by atoms with E-state index in [1.807, 2.05) is 0 Å². The maximum Gasteiger partial charge on any atom is 0.0743 e. The number of aromatic nitrogens is 4. The smallest absolute Gasteiger partial charge is 0.0743 e. The molecule has 0 saturated carbocycles. The first kappa shape index (κ1) is 44.8. The number of fused-ring (bicyclic) bond motifs is 10. The van der Waals surface area contributed by atoms with Gasteiger partial charge in [-0.1, -0.05) is 180 Å². The molecule has 2 aliphatic heterocycles. The molecule has 8 aromatic rings. The third-order valence-corrected chi connectivity index (χ3v) is 13.7. The van der Waals surface area contributed by atoms with Crippen molar-refractivity contribution in [3.63, 3.8) is 0 Å². The van der Waals surface area contributed by atoms with Crippen LogP contribution in [0.5, 0.6) is 0 Å². The number of nitrogens with one attached hydrogen (secondary N) is 2. The number of rotatable bonds is 4. The van der Waals surface area contributed by atoms with Crippen LogP contribution in [-0.4, -0.2) is 19.9 Å². The van der Waals surface area contributed by atoms with Crippen LogP contribution in [0.15, 0.2) is 133 Å². The second-order valence-electron chi connectivity index (χ2n) is 23.1. The highest BCUT2D eigenvalue weighted by atomic mass is 14.8. The van der Waals surface area contributed by atoms with Gasteiger partial charge in [0.1, 0.15) is 0 Å². The molecule has 0 spiro atoms. The summed E-state index contributed by atoms with van der Waals surface area (Å²) in [5.74, 6) is 0. The van der Waals surface area contributed by atoms with E-state index < -0.39 is 0 Å². The lowest BCUT2D eigenvalue weighted by molar-refractivity contribution is 0.568. The molecular formula is C64H64N4. The summed E-state index contributed by atoms with van der Waals surface area (Å²) in [6, 6.07) is 47.1. The van der Waals surface area contributed by atoms with Crippen molar-refractivity contribution < 1.29 is 0 Å². The van der Waals surface area contributed by atoms with Crippen LogP contribution < -0.4 is 0 Å². The van der Waals surface area contributed by atoms with Crippen molar-refractivity contribution in [2.75, 3.05) is 0 Å². The Hall–Kier alpha value is -7.04. The Labute approximate surface area is 402 Å². The normalized spacial score (nSPS) is 13.6. The van der Waals surface area contributed by atoms with E-state index in [4.69, 9.17) is 9.97 Å². The molecule has 5 aromatic carbocycles. The third-order valence-electron chi connectivity index (χ3n) is 13.7. The molecule has 0 unspecified atom stereocenters. The standard InChI is InChI=1S/C64H64N4/c1-61(2,3)44-30-42(31-45(35-44)62(4,5)6)59-54-26-22-48(65-54)37-49-23-27-56(66-49)60(43-32-46(63(7,8)9)36-47(33-43)64(10,11)12)58-34-41(57(68-58)38-50-24-28-55(59)67-50)21-25-53-51-19-15-13-17-39(51)29-40-18-14-16-20-52(40)53/h13-38,66-67H,1-12H3/b25-21+,48-37?,49-37?,50-38?,57-38?,59-54?,59-55?,60-56?,60-58?. The second-order valence-corrected chi connectivity index (χ2v) is 23.1. The Bertz CT molecular complexity index is 3470. The molecule has 5 heterocycles. The SMILES string of the molecule is CC(C)(C)c1cc(-c2c3nc(cc4ccc([nH]4)c(-c4cc(C(C)(C)C)cc(C(C)(C)C)c4)c4nc(cc5ccc2[nH]5)C(/C=C/c2c5ccccc5cc5ccccc25)=C4)C=C3)cc(C(C)(C)C)c1. The van der Waals surface area contributed by atoms with Crippen molar-refractivity contribution in [2.24, 2.45) is 0 Å². The molecule has 2 aliphatic rings. The maximum absolute atomic E-state index is 5.64. The zero-order valence-corrected chi connectivity index (χ0v) is 41.9. The summed E-state index contributed by atoms with van der Waals surface area (Å²) >= 11 is 0.